The fourth-order valence-electron chi connectivity index (χ4n) is 3.04. The zero-order valence-electron chi connectivity index (χ0n) is 10.8. The van der Waals surface area contributed by atoms with E-state index in [0.29, 0.717) is 12.5 Å². The van der Waals surface area contributed by atoms with Crippen LogP contribution in [0, 0.1) is 0 Å². The molecule has 2 heterocycles. The van der Waals surface area contributed by atoms with Gasteiger partial charge in [-0.1, -0.05) is 12.8 Å². The second-order valence-electron chi connectivity index (χ2n) is 5.47. The SMILES string of the molecule is Cn1c(CC23CCCC[C@@H]2O3)cc(=O)n(C)c1=O. The van der Waals surface area contributed by atoms with Gasteiger partial charge in [-0.15, -0.1) is 0 Å². The smallest absolute Gasteiger partial charge is 0.330 e. The molecular formula is C13H18N2O3. The summed E-state index contributed by atoms with van der Waals surface area (Å²) in [5.41, 5.74) is 0.196. The molecule has 0 aromatic carbocycles. The summed E-state index contributed by atoms with van der Waals surface area (Å²) in [5.74, 6) is 0. The van der Waals surface area contributed by atoms with Gasteiger partial charge in [0.25, 0.3) is 5.56 Å². The molecule has 1 aliphatic heterocycles. The van der Waals surface area contributed by atoms with Crippen LogP contribution < -0.4 is 11.2 Å². The van der Waals surface area contributed by atoms with E-state index < -0.39 is 0 Å². The van der Waals surface area contributed by atoms with E-state index in [4.69, 9.17) is 4.74 Å². The van der Waals surface area contributed by atoms with Crippen molar-refractivity contribution in [3.05, 3.63) is 32.6 Å². The molecule has 18 heavy (non-hydrogen) atoms. The van der Waals surface area contributed by atoms with Gasteiger partial charge in [-0.2, -0.15) is 0 Å². The number of epoxide rings is 1. The second kappa shape index (κ2) is 3.82. The largest absolute Gasteiger partial charge is 0.366 e. The average Bonchev–Trinajstić information content (AvgIpc) is 3.07. The number of ether oxygens (including phenoxy) is 1. The molecule has 1 saturated carbocycles. The number of nitrogens with zero attached hydrogens (tertiary/aromatic N) is 2. The van der Waals surface area contributed by atoms with E-state index in [2.05, 4.69) is 0 Å². The van der Waals surface area contributed by atoms with Crippen molar-refractivity contribution in [3.63, 3.8) is 0 Å². The van der Waals surface area contributed by atoms with Crippen molar-refractivity contribution in [2.45, 2.75) is 43.8 Å². The lowest BCUT2D eigenvalue weighted by atomic mass is 9.86. The van der Waals surface area contributed by atoms with Crippen molar-refractivity contribution in [1.82, 2.24) is 9.13 Å². The highest BCUT2D eigenvalue weighted by atomic mass is 16.6. The molecule has 0 amide bonds. The Morgan fingerprint density at radius 3 is 2.83 bits per heavy atom. The van der Waals surface area contributed by atoms with E-state index in [1.807, 2.05) is 0 Å². The van der Waals surface area contributed by atoms with Gasteiger partial charge < -0.3 is 9.30 Å². The summed E-state index contributed by atoms with van der Waals surface area (Å²) >= 11 is 0. The summed E-state index contributed by atoms with van der Waals surface area (Å²) in [6, 6.07) is 1.56. The highest BCUT2D eigenvalue weighted by Crippen LogP contribution is 2.49. The van der Waals surface area contributed by atoms with Crippen molar-refractivity contribution < 1.29 is 4.74 Å². The summed E-state index contributed by atoms with van der Waals surface area (Å²) in [7, 11) is 3.22. The van der Waals surface area contributed by atoms with Gasteiger partial charge in [-0.05, 0) is 12.8 Å². The van der Waals surface area contributed by atoms with Crippen LogP contribution in [0.25, 0.3) is 0 Å². The van der Waals surface area contributed by atoms with Gasteiger partial charge >= 0.3 is 5.69 Å². The molecule has 0 spiro atoms. The third-order valence-corrected chi connectivity index (χ3v) is 4.33. The fourth-order valence-corrected chi connectivity index (χ4v) is 3.04. The molecule has 5 heteroatoms. The molecule has 1 saturated heterocycles. The Hall–Kier alpha value is -1.36. The first-order valence-corrected chi connectivity index (χ1v) is 6.47. The number of hydrogen-bond acceptors (Lipinski definition) is 3. The van der Waals surface area contributed by atoms with Gasteiger partial charge in [0.05, 0.1) is 6.10 Å². The zero-order chi connectivity index (χ0) is 12.9. The fraction of sp³-hybridized carbons (Fsp3) is 0.692. The molecule has 3 rings (SSSR count). The molecule has 2 atom stereocenters. The molecule has 0 radical (unpaired) electrons. The summed E-state index contributed by atoms with van der Waals surface area (Å²) in [6.45, 7) is 0. The quantitative estimate of drug-likeness (QED) is 0.711. The maximum Gasteiger partial charge on any atom is 0.330 e. The monoisotopic (exact) mass is 250 g/mol. The van der Waals surface area contributed by atoms with Crippen molar-refractivity contribution in [3.8, 4) is 0 Å². The van der Waals surface area contributed by atoms with Crippen LogP contribution in [-0.2, 0) is 25.3 Å². The van der Waals surface area contributed by atoms with Gasteiger partial charge in [0.15, 0.2) is 0 Å². The standard InChI is InChI=1S/C13H18N2O3/c1-14-9(7-11(16)15(2)12(14)17)8-13-6-4-3-5-10(13)18-13/h7,10H,3-6,8H2,1-2H3/t10-,13?/m0/s1. The van der Waals surface area contributed by atoms with E-state index in [0.717, 1.165) is 23.1 Å². The van der Waals surface area contributed by atoms with E-state index >= 15 is 0 Å². The van der Waals surface area contributed by atoms with Gasteiger partial charge in [0.2, 0.25) is 0 Å². The van der Waals surface area contributed by atoms with Crippen LogP contribution >= 0.6 is 0 Å². The molecule has 1 unspecified atom stereocenters. The van der Waals surface area contributed by atoms with Gasteiger partial charge in [-0.25, -0.2) is 4.79 Å². The molecule has 98 valence electrons. The van der Waals surface area contributed by atoms with Crippen molar-refractivity contribution >= 4 is 0 Å². The summed E-state index contributed by atoms with van der Waals surface area (Å²) < 4.78 is 8.50. The second-order valence-corrected chi connectivity index (χ2v) is 5.47. The maximum atomic E-state index is 11.9. The summed E-state index contributed by atoms with van der Waals surface area (Å²) in [5, 5.41) is 0. The van der Waals surface area contributed by atoms with Gasteiger partial charge in [-0.3, -0.25) is 9.36 Å². The van der Waals surface area contributed by atoms with Crippen LogP contribution in [-0.4, -0.2) is 20.8 Å². The normalized spacial score (nSPS) is 30.0. The molecule has 2 aliphatic rings. The molecular weight excluding hydrogens is 232 g/mol. The summed E-state index contributed by atoms with van der Waals surface area (Å²) in [6.07, 6.45) is 5.57. The number of aromatic nitrogens is 2. The maximum absolute atomic E-state index is 11.9. The third-order valence-electron chi connectivity index (χ3n) is 4.33. The van der Waals surface area contributed by atoms with E-state index in [1.165, 1.54) is 19.9 Å². The van der Waals surface area contributed by atoms with Crippen LogP contribution in [0.4, 0.5) is 0 Å². The van der Waals surface area contributed by atoms with Crippen molar-refractivity contribution in [2.75, 3.05) is 0 Å². The predicted octanol–water partition coefficient (Wildman–Crippen LogP) is 0.338. The zero-order valence-corrected chi connectivity index (χ0v) is 10.8. The molecule has 1 aromatic heterocycles. The molecule has 1 aliphatic carbocycles. The Balaban J connectivity index is 1.95. The Morgan fingerprint density at radius 1 is 1.33 bits per heavy atom. The van der Waals surface area contributed by atoms with Crippen molar-refractivity contribution in [1.29, 1.82) is 0 Å². The van der Waals surface area contributed by atoms with E-state index in [9.17, 15) is 9.59 Å². The molecule has 1 aromatic rings. The molecule has 2 fully saturated rings. The third kappa shape index (κ3) is 1.65. The van der Waals surface area contributed by atoms with Crippen LogP contribution in [0.3, 0.4) is 0 Å². The summed E-state index contributed by atoms with van der Waals surface area (Å²) in [4.78, 5) is 23.5. The molecule has 0 bridgehead atoms. The lowest BCUT2D eigenvalue weighted by Gasteiger charge is -2.18. The highest BCUT2D eigenvalue weighted by Gasteiger charge is 2.57. The number of hydrogen-bond donors (Lipinski definition) is 0. The van der Waals surface area contributed by atoms with E-state index in [1.54, 1.807) is 17.7 Å². The highest BCUT2D eigenvalue weighted by molar-refractivity contribution is 5.15. The average molecular weight is 250 g/mol. The lowest BCUT2D eigenvalue weighted by Crippen LogP contribution is -2.39. The lowest BCUT2D eigenvalue weighted by molar-refractivity contribution is 0.280. The first-order valence-electron chi connectivity index (χ1n) is 6.47. The molecule has 5 nitrogen and oxygen atoms in total. The Kier molecular flexibility index (Phi) is 2.48. The topological polar surface area (TPSA) is 56.5 Å². The van der Waals surface area contributed by atoms with Crippen molar-refractivity contribution in [2.24, 2.45) is 14.1 Å². The number of rotatable bonds is 2. The van der Waals surface area contributed by atoms with Gasteiger partial charge in [0.1, 0.15) is 5.60 Å². The minimum Gasteiger partial charge on any atom is -0.366 e. The Bertz CT molecular complexity index is 601. The van der Waals surface area contributed by atoms with Crippen LogP contribution in [0.15, 0.2) is 15.7 Å². The Labute approximate surface area is 105 Å². The first kappa shape index (κ1) is 11.7. The Morgan fingerprint density at radius 2 is 2.11 bits per heavy atom. The predicted molar refractivity (Wildman–Crippen MR) is 66.7 cm³/mol. The van der Waals surface area contributed by atoms with Crippen LogP contribution in [0.2, 0.25) is 0 Å². The van der Waals surface area contributed by atoms with E-state index in [-0.39, 0.29) is 16.9 Å². The minimum absolute atomic E-state index is 0.0885. The number of fused-ring (bicyclic) bond motifs is 1. The van der Waals surface area contributed by atoms with Crippen LogP contribution in [0.1, 0.15) is 31.4 Å². The van der Waals surface area contributed by atoms with Gasteiger partial charge in [0, 0.05) is 32.3 Å². The first-order chi connectivity index (χ1) is 8.53. The minimum atomic E-state index is -0.262. The molecule has 0 N–H and O–H groups in total. The van der Waals surface area contributed by atoms with Crippen LogP contribution in [0.5, 0.6) is 0 Å².